The van der Waals surface area contributed by atoms with Gasteiger partial charge < -0.3 is 18.3 Å². The molecule has 0 heterocycles. The second kappa shape index (κ2) is 12.5. The maximum atomic E-state index is 11.2. The van der Waals surface area contributed by atoms with E-state index in [2.05, 4.69) is 15.7 Å². The number of rotatable bonds is 6. The molecule has 15 heavy (non-hydrogen) atoms. The van der Waals surface area contributed by atoms with Gasteiger partial charge in [0.15, 0.2) is 0 Å². The van der Waals surface area contributed by atoms with E-state index in [9.17, 15) is 4.79 Å². The van der Waals surface area contributed by atoms with Crippen LogP contribution in [0.5, 0.6) is 0 Å². The number of nitrogens with zero attached hydrogens (tertiary/aromatic N) is 1. The molecule has 6 heteroatoms. The molecule has 0 rings (SSSR count). The molecule has 0 aliphatic heterocycles. The Balaban J connectivity index is -0.000000720. The molecule has 0 spiro atoms. The minimum Gasteiger partial charge on any atom is -0.571 e. The molecule has 0 aliphatic rings. The van der Waals surface area contributed by atoms with Crippen LogP contribution in [0, 0.1) is 19.3 Å². The Morgan fingerprint density at radius 2 is 2.00 bits per heavy atom. The van der Waals surface area contributed by atoms with Crippen LogP contribution in [0.3, 0.4) is 0 Å². The number of nitrogens with one attached hydrogen (secondary N) is 1. The predicted molar refractivity (Wildman–Crippen MR) is 55.1 cm³/mol. The van der Waals surface area contributed by atoms with Crippen LogP contribution in [-0.4, -0.2) is 26.7 Å². The van der Waals surface area contributed by atoms with Gasteiger partial charge in [0.2, 0.25) is 5.91 Å². The van der Waals surface area contributed by atoms with Crippen LogP contribution in [0.4, 0.5) is 0 Å². The first-order valence-electron chi connectivity index (χ1n) is 4.17. The SMILES string of the molecule is C[N-]NC(=O)[C@H](C)[C@H](C)COOC.[CH3-].[Y]. The van der Waals surface area contributed by atoms with Gasteiger partial charge >= 0.3 is 0 Å². The minimum atomic E-state index is -0.140. The normalized spacial score (nSPS) is 13.1. The Morgan fingerprint density at radius 1 is 1.47 bits per heavy atom. The van der Waals surface area contributed by atoms with Gasteiger partial charge in [-0.05, 0) is 5.92 Å². The van der Waals surface area contributed by atoms with Crippen LogP contribution >= 0.6 is 0 Å². The van der Waals surface area contributed by atoms with Crippen LogP contribution in [-0.2, 0) is 47.3 Å². The van der Waals surface area contributed by atoms with Crippen molar-refractivity contribution in [1.29, 1.82) is 0 Å². The molecular formula is C9H20N2O3Y-2. The van der Waals surface area contributed by atoms with E-state index in [4.69, 9.17) is 4.89 Å². The topological polar surface area (TPSA) is 61.7 Å². The minimum absolute atomic E-state index is 0. The number of carbonyl (C=O) groups is 1. The molecule has 0 aromatic carbocycles. The van der Waals surface area contributed by atoms with Crippen molar-refractivity contribution in [2.45, 2.75) is 13.8 Å². The molecular weight excluding hydrogens is 273 g/mol. The third-order valence-corrected chi connectivity index (χ3v) is 1.94. The molecule has 1 N–H and O–H groups in total. The predicted octanol–water partition coefficient (Wildman–Crippen LogP) is 1.32. The Kier molecular flexibility index (Phi) is 17.4. The van der Waals surface area contributed by atoms with Crippen LogP contribution < -0.4 is 5.43 Å². The van der Waals surface area contributed by atoms with E-state index in [0.717, 1.165) is 0 Å². The summed E-state index contributed by atoms with van der Waals surface area (Å²) in [7, 11) is 2.97. The van der Waals surface area contributed by atoms with Crippen molar-refractivity contribution in [3.63, 3.8) is 0 Å². The van der Waals surface area contributed by atoms with Crippen molar-refractivity contribution in [2.24, 2.45) is 11.8 Å². The summed E-state index contributed by atoms with van der Waals surface area (Å²) < 4.78 is 0. The number of hydrogen-bond acceptors (Lipinski definition) is 3. The van der Waals surface area contributed by atoms with E-state index in [-0.39, 0.29) is 57.9 Å². The van der Waals surface area contributed by atoms with Crippen molar-refractivity contribution >= 4 is 5.91 Å². The second-order valence-corrected chi connectivity index (χ2v) is 2.92. The zero-order valence-corrected chi connectivity index (χ0v) is 12.9. The van der Waals surface area contributed by atoms with E-state index in [1.165, 1.54) is 14.2 Å². The average molecular weight is 293 g/mol. The molecule has 1 amide bonds. The molecule has 0 saturated carbocycles. The molecule has 89 valence electrons. The second-order valence-electron chi connectivity index (χ2n) is 2.92. The molecule has 0 saturated heterocycles. The van der Waals surface area contributed by atoms with E-state index < -0.39 is 0 Å². The summed E-state index contributed by atoms with van der Waals surface area (Å²) in [4.78, 5) is 20.4. The summed E-state index contributed by atoms with van der Waals surface area (Å²) >= 11 is 0. The van der Waals surface area contributed by atoms with Crippen molar-refractivity contribution in [2.75, 3.05) is 20.8 Å². The quantitative estimate of drug-likeness (QED) is 0.456. The van der Waals surface area contributed by atoms with Gasteiger partial charge in [-0.3, -0.25) is 4.79 Å². The van der Waals surface area contributed by atoms with E-state index in [0.29, 0.717) is 6.61 Å². The molecule has 5 nitrogen and oxygen atoms in total. The van der Waals surface area contributed by atoms with Crippen molar-refractivity contribution in [1.82, 2.24) is 5.43 Å². The summed E-state index contributed by atoms with van der Waals surface area (Å²) in [5.74, 6) is -0.143. The smallest absolute Gasteiger partial charge is 0.206 e. The van der Waals surface area contributed by atoms with Gasteiger partial charge in [0.05, 0.1) is 13.7 Å². The summed E-state index contributed by atoms with van der Waals surface area (Å²) in [6.07, 6.45) is 0. The van der Waals surface area contributed by atoms with Crippen molar-refractivity contribution in [3.8, 4) is 0 Å². The van der Waals surface area contributed by atoms with Gasteiger partial charge in [-0.2, -0.15) is 0 Å². The van der Waals surface area contributed by atoms with E-state index >= 15 is 0 Å². The van der Waals surface area contributed by atoms with Crippen LogP contribution in [0.2, 0.25) is 0 Å². The molecule has 0 fully saturated rings. The van der Waals surface area contributed by atoms with Gasteiger partial charge in [-0.15, -0.1) is 7.05 Å². The summed E-state index contributed by atoms with van der Waals surface area (Å²) in [5, 5.41) is 0. The van der Waals surface area contributed by atoms with Crippen molar-refractivity contribution in [3.05, 3.63) is 12.9 Å². The number of hydrogen-bond donors (Lipinski definition) is 1. The molecule has 0 bridgehead atoms. The third kappa shape index (κ3) is 9.39. The van der Waals surface area contributed by atoms with Crippen LogP contribution in [0.15, 0.2) is 0 Å². The Morgan fingerprint density at radius 3 is 2.40 bits per heavy atom. The average Bonchev–Trinajstić information content (AvgIpc) is 2.13. The van der Waals surface area contributed by atoms with Gasteiger partial charge in [0.25, 0.3) is 0 Å². The van der Waals surface area contributed by atoms with Gasteiger partial charge in [0, 0.05) is 38.6 Å². The summed E-state index contributed by atoms with van der Waals surface area (Å²) in [6.45, 7) is 4.14. The summed E-state index contributed by atoms with van der Waals surface area (Å²) in [6, 6.07) is 0. The molecule has 0 aromatic heterocycles. The fourth-order valence-corrected chi connectivity index (χ4v) is 0.790. The summed E-state index contributed by atoms with van der Waals surface area (Å²) in [5.41, 5.74) is 5.94. The third-order valence-electron chi connectivity index (χ3n) is 1.94. The molecule has 1 radical (unpaired) electrons. The van der Waals surface area contributed by atoms with Crippen LogP contribution in [0.1, 0.15) is 13.8 Å². The molecule has 0 aliphatic carbocycles. The number of amides is 1. The first-order chi connectivity index (χ1) is 6.13. The van der Waals surface area contributed by atoms with Crippen LogP contribution in [0.25, 0.3) is 5.43 Å². The maximum Gasteiger partial charge on any atom is 0.206 e. The Labute approximate surface area is 117 Å². The standard InChI is InChI=1S/C8H17N2O3.CH3.Y/c1-6(5-13-12-4)7(2)8(11)10-9-3;;/h6-7H,5H2,1-4H3,(H,10,11);1H3;/q2*-1;/t6-,7-;;/m1../s1. The zero-order valence-electron chi connectivity index (χ0n) is 10.1. The van der Waals surface area contributed by atoms with Gasteiger partial charge in [0.1, 0.15) is 0 Å². The van der Waals surface area contributed by atoms with Gasteiger partial charge in [-0.1, -0.05) is 13.8 Å². The van der Waals surface area contributed by atoms with E-state index in [1.807, 2.05) is 13.8 Å². The van der Waals surface area contributed by atoms with E-state index in [1.54, 1.807) is 0 Å². The monoisotopic (exact) mass is 293 g/mol. The fraction of sp³-hybridized carbons (Fsp3) is 0.778. The Hall–Kier alpha value is 0.454. The first kappa shape index (κ1) is 20.8. The first-order valence-corrected chi connectivity index (χ1v) is 4.17. The molecule has 0 unspecified atom stereocenters. The maximum absolute atomic E-state index is 11.2. The molecule has 2 atom stereocenters. The van der Waals surface area contributed by atoms with Gasteiger partial charge in [-0.25, -0.2) is 9.78 Å². The largest absolute Gasteiger partial charge is 0.571 e. The van der Waals surface area contributed by atoms with Crippen molar-refractivity contribution < 1.29 is 47.3 Å². The molecule has 0 aromatic rings. The zero-order chi connectivity index (χ0) is 10.3. The fourth-order valence-electron chi connectivity index (χ4n) is 0.790. The number of carbonyl (C=O) groups excluding carboxylic acids is 1. The Bertz CT molecular complexity index is 158.